The first kappa shape index (κ1) is 14.6. The Bertz CT molecular complexity index is 1040. The molecule has 3 heterocycles. The molecule has 0 N–H and O–H groups in total. The van der Waals surface area contributed by atoms with Gasteiger partial charge in [-0.05, 0) is 40.5 Å². The fourth-order valence-electron chi connectivity index (χ4n) is 2.59. The lowest BCUT2D eigenvalue weighted by Crippen LogP contribution is -1.97. The third kappa shape index (κ3) is 2.66. The van der Waals surface area contributed by atoms with Crippen LogP contribution in [0.3, 0.4) is 0 Å². The molecular formula is C20H14N2OS. The summed E-state index contributed by atoms with van der Waals surface area (Å²) in [5, 5.41) is 2.02. The number of imidazole rings is 1. The van der Waals surface area contributed by atoms with Crippen molar-refractivity contribution in [3.05, 3.63) is 76.7 Å². The Labute approximate surface area is 144 Å². The molecule has 0 radical (unpaired) electrons. The van der Waals surface area contributed by atoms with Gasteiger partial charge >= 0.3 is 0 Å². The third-order valence-corrected chi connectivity index (χ3v) is 4.51. The maximum Gasteiger partial charge on any atom is 0.200 e. The van der Waals surface area contributed by atoms with E-state index in [1.54, 1.807) is 24.6 Å². The van der Waals surface area contributed by atoms with E-state index in [2.05, 4.69) is 29.0 Å². The summed E-state index contributed by atoms with van der Waals surface area (Å²) in [6, 6.07) is 18.3. The van der Waals surface area contributed by atoms with E-state index < -0.39 is 0 Å². The van der Waals surface area contributed by atoms with Crippen LogP contribution in [0.5, 0.6) is 5.88 Å². The molecule has 0 bridgehead atoms. The molecule has 4 aromatic rings. The Balaban J connectivity index is 1.85. The Morgan fingerprint density at radius 3 is 2.62 bits per heavy atom. The smallest absolute Gasteiger partial charge is 0.200 e. The number of nitrogens with zero attached hydrogens (tertiary/aromatic N) is 2. The molecule has 0 saturated heterocycles. The van der Waals surface area contributed by atoms with Crippen molar-refractivity contribution in [2.45, 2.75) is 0 Å². The van der Waals surface area contributed by atoms with E-state index in [1.165, 1.54) is 0 Å². The SMILES string of the molecule is COc1cc(-c2ccccc2)cc2ncc(C#Cc3cccs3)n12. The molecule has 3 nitrogen and oxygen atoms in total. The van der Waals surface area contributed by atoms with Gasteiger partial charge in [-0.15, -0.1) is 11.3 Å². The van der Waals surface area contributed by atoms with Gasteiger partial charge in [0.05, 0.1) is 18.2 Å². The van der Waals surface area contributed by atoms with Crippen LogP contribution in [0, 0.1) is 11.8 Å². The van der Waals surface area contributed by atoms with E-state index in [9.17, 15) is 0 Å². The number of rotatable bonds is 2. The van der Waals surface area contributed by atoms with Crippen LogP contribution in [0.25, 0.3) is 16.8 Å². The number of aromatic nitrogens is 2. The maximum atomic E-state index is 5.58. The van der Waals surface area contributed by atoms with Crippen molar-refractivity contribution < 1.29 is 4.74 Å². The molecular weight excluding hydrogens is 316 g/mol. The van der Waals surface area contributed by atoms with Crippen molar-refractivity contribution in [2.75, 3.05) is 7.11 Å². The number of hydrogen-bond donors (Lipinski definition) is 0. The minimum atomic E-state index is 0.722. The number of thiophene rings is 1. The van der Waals surface area contributed by atoms with Crippen LogP contribution in [-0.2, 0) is 0 Å². The normalized spacial score (nSPS) is 10.4. The molecule has 0 aliphatic carbocycles. The number of hydrogen-bond acceptors (Lipinski definition) is 3. The lowest BCUT2D eigenvalue weighted by atomic mass is 10.1. The summed E-state index contributed by atoms with van der Waals surface area (Å²) in [5.74, 6) is 7.08. The average molecular weight is 330 g/mol. The lowest BCUT2D eigenvalue weighted by molar-refractivity contribution is 0.392. The number of methoxy groups -OCH3 is 1. The number of fused-ring (bicyclic) bond motifs is 1. The highest BCUT2D eigenvalue weighted by Crippen LogP contribution is 2.27. The summed E-state index contributed by atoms with van der Waals surface area (Å²) in [6.45, 7) is 0. The number of pyridine rings is 1. The molecule has 24 heavy (non-hydrogen) atoms. The van der Waals surface area contributed by atoms with Crippen molar-refractivity contribution >= 4 is 17.0 Å². The Kier molecular flexibility index (Phi) is 3.78. The monoisotopic (exact) mass is 330 g/mol. The fourth-order valence-corrected chi connectivity index (χ4v) is 3.16. The molecule has 0 aliphatic heterocycles. The van der Waals surface area contributed by atoms with Crippen LogP contribution >= 0.6 is 11.3 Å². The van der Waals surface area contributed by atoms with E-state index in [0.717, 1.165) is 33.2 Å². The van der Waals surface area contributed by atoms with Crippen LogP contribution in [0.15, 0.2) is 66.2 Å². The Morgan fingerprint density at radius 1 is 1.00 bits per heavy atom. The van der Waals surface area contributed by atoms with Crippen molar-refractivity contribution in [3.63, 3.8) is 0 Å². The molecule has 0 unspecified atom stereocenters. The molecule has 0 atom stereocenters. The molecule has 3 aromatic heterocycles. The predicted molar refractivity (Wildman–Crippen MR) is 97.5 cm³/mol. The minimum Gasteiger partial charge on any atom is -0.482 e. The van der Waals surface area contributed by atoms with Crippen molar-refractivity contribution in [1.29, 1.82) is 0 Å². The van der Waals surface area contributed by atoms with Crippen molar-refractivity contribution in [3.8, 4) is 28.8 Å². The zero-order valence-electron chi connectivity index (χ0n) is 13.1. The van der Waals surface area contributed by atoms with E-state index in [4.69, 9.17) is 4.74 Å². The van der Waals surface area contributed by atoms with Gasteiger partial charge in [0.25, 0.3) is 0 Å². The highest BCUT2D eigenvalue weighted by atomic mass is 32.1. The molecule has 0 aliphatic rings. The Morgan fingerprint density at radius 2 is 1.88 bits per heavy atom. The largest absolute Gasteiger partial charge is 0.482 e. The highest BCUT2D eigenvalue weighted by Gasteiger charge is 2.10. The summed E-state index contributed by atoms with van der Waals surface area (Å²) in [6.07, 6.45) is 1.78. The van der Waals surface area contributed by atoms with Crippen LogP contribution in [0.2, 0.25) is 0 Å². The van der Waals surface area contributed by atoms with Gasteiger partial charge in [-0.1, -0.05) is 36.4 Å². The van der Waals surface area contributed by atoms with Gasteiger partial charge in [-0.25, -0.2) is 4.98 Å². The standard InChI is InChI=1S/C20H14N2OS/c1-23-20-13-16(15-6-3-2-4-7-15)12-19-21-14-17(22(19)20)9-10-18-8-5-11-24-18/h2-8,11-14H,1H3. The minimum absolute atomic E-state index is 0.722. The summed E-state index contributed by atoms with van der Waals surface area (Å²) < 4.78 is 7.52. The maximum absolute atomic E-state index is 5.58. The van der Waals surface area contributed by atoms with Crippen LogP contribution in [-0.4, -0.2) is 16.5 Å². The summed E-state index contributed by atoms with van der Waals surface area (Å²) in [5.41, 5.74) is 3.84. The molecule has 0 fully saturated rings. The average Bonchev–Trinajstić information content (AvgIpc) is 3.29. The first-order valence-corrected chi connectivity index (χ1v) is 8.39. The fraction of sp³-hybridized carbons (Fsp3) is 0.0500. The van der Waals surface area contributed by atoms with Crippen molar-refractivity contribution in [1.82, 2.24) is 9.38 Å². The van der Waals surface area contributed by atoms with Gasteiger partial charge in [-0.2, -0.15) is 0 Å². The van der Waals surface area contributed by atoms with Crippen LogP contribution in [0.1, 0.15) is 10.6 Å². The zero-order valence-corrected chi connectivity index (χ0v) is 13.9. The van der Waals surface area contributed by atoms with Gasteiger partial charge < -0.3 is 4.74 Å². The van der Waals surface area contributed by atoms with E-state index >= 15 is 0 Å². The Hall–Kier alpha value is -3.03. The van der Waals surface area contributed by atoms with Gasteiger partial charge in [0, 0.05) is 6.07 Å². The van der Waals surface area contributed by atoms with Crippen LogP contribution in [0.4, 0.5) is 0 Å². The second-order valence-electron chi connectivity index (χ2n) is 5.22. The van der Waals surface area contributed by atoms with E-state index in [0.29, 0.717) is 0 Å². The van der Waals surface area contributed by atoms with E-state index in [1.807, 2.05) is 52.2 Å². The van der Waals surface area contributed by atoms with Crippen molar-refractivity contribution in [2.24, 2.45) is 0 Å². The quantitative estimate of drug-likeness (QED) is 0.507. The molecule has 4 rings (SSSR count). The predicted octanol–water partition coefficient (Wildman–Crippen LogP) is 4.47. The first-order chi connectivity index (χ1) is 11.8. The zero-order chi connectivity index (χ0) is 16.4. The van der Waals surface area contributed by atoms with Gasteiger partial charge in [0.2, 0.25) is 5.88 Å². The van der Waals surface area contributed by atoms with Gasteiger partial charge in [-0.3, -0.25) is 4.40 Å². The number of ether oxygens (including phenoxy) is 1. The first-order valence-electron chi connectivity index (χ1n) is 7.51. The summed E-state index contributed by atoms with van der Waals surface area (Å²) in [4.78, 5) is 5.53. The third-order valence-electron chi connectivity index (χ3n) is 3.72. The summed E-state index contributed by atoms with van der Waals surface area (Å²) in [7, 11) is 1.67. The molecule has 0 saturated carbocycles. The lowest BCUT2D eigenvalue weighted by Gasteiger charge is -2.09. The van der Waals surface area contributed by atoms with E-state index in [-0.39, 0.29) is 0 Å². The van der Waals surface area contributed by atoms with Gasteiger partial charge in [0.15, 0.2) is 0 Å². The second kappa shape index (κ2) is 6.23. The van der Waals surface area contributed by atoms with Gasteiger partial charge in [0.1, 0.15) is 11.3 Å². The molecule has 4 heteroatoms. The molecule has 0 amide bonds. The molecule has 116 valence electrons. The van der Waals surface area contributed by atoms with Crippen LogP contribution < -0.4 is 4.74 Å². The number of benzene rings is 1. The molecule has 1 aromatic carbocycles. The highest BCUT2D eigenvalue weighted by molar-refractivity contribution is 7.10. The topological polar surface area (TPSA) is 26.5 Å². The molecule has 0 spiro atoms. The summed E-state index contributed by atoms with van der Waals surface area (Å²) >= 11 is 1.63. The second-order valence-corrected chi connectivity index (χ2v) is 6.16.